The Bertz CT molecular complexity index is 603. The van der Waals surface area contributed by atoms with Crippen molar-refractivity contribution in [2.45, 2.75) is 19.3 Å². The smallest absolute Gasteiger partial charge is 0.220 e. The monoisotopic (exact) mass is 292 g/mol. The van der Waals surface area contributed by atoms with E-state index in [9.17, 15) is 4.79 Å². The van der Waals surface area contributed by atoms with E-state index < -0.39 is 0 Å². The summed E-state index contributed by atoms with van der Waals surface area (Å²) in [7, 11) is 0. The number of aromatic amines is 1. The molecule has 0 saturated heterocycles. The molecule has 1 aromatic carbocycles. The molecular weight excluding hydrogens is 280 g/mol. The second-order valence-corrected chi connectivity index (χ2v) is 5.53. The van der Waals surface area contributed by atoms with Crippen LogP contribution in [0.15, 0.2) is 22.7 Å². The number of hydrogen-bond acceptors (Lipinski definition) is 1. The molecule has 2 aromatic rings. The van der Waals surface area contributed by atoms with Crippen LogP contribution in [0.3, 0.4) is 0 Å². The van der Waals surface area contributed by atoms with Crippen LogP contribution in [-0.2, 0) is 17.6 Å². The normalized spacial score (nSPS) is 19.2. The Labute approximate surface area is 108 Å². The Morgan fingerprint density at radius 2 is 2.29 bits per heavy atom. The first-order chi connectivity index (χ1) is 8.15. The lowest BCUT2D eigenvalue weighted by molar-refractivity contribution is -0.122. The Morgan fingerprint density at radius 3 is 3.06 bits per heavy atom. The SMILES string of the molecule is NC(=O)[C@H]1CCc2c([nH]c3ccc(Br)cc23)C1. The van der Waals surface area contributed by atoms with Crippen molar-refractivity contribution in [3.05, 3.63) is 33.9 Å². The lowest BCUT2D eigenvalue weighted by atomic mass is 9.86. The number of amides is 1. The highest BCUT2D eigenvalue weighted by molar-refractivity contribution is 9.10. The van der Waals surface area contributed by atoms with Crippen LogP contribution in [0.2, 0.25) is 0 Å². The van der Waals surface area contributed by atoms with Gasteiger partial charge in [0.2, 0.25) is 5.91 Å². The van der Waals surface area contributed by atoms with Crippen molar-refractivity contribution in [1.82, 2.24) is 4.98 Å². The molecule has 0 aliphatic heterocycles. The second kappa shape index (κ2) is 3.88. The molecule has 0 radical (unpaired) electrons. The fourth-order valence-electron chi connectivity index (χ4n) is 2.65. The minimum absolute atomic E-state index is 0.0148. The summed E-state index contributed by atoms with van der Waals surface area (Å²) in [6.07, 6.45) is 2.54. The summed E-state index contributed by atoms with van der Waals surface area (Å²) in [6, 6.07) is 6.22. The predicted molar refractivity (Wildman–Crippen MR) is 70.7 cm³/mol. The second-order valence-electron chi connectivity index (χ2n) is 4.61. The van der Waals surface area contributed by atoms with Gasteiger partial charge in [0.25, 0.3) is 0 Å². The van der Waals surface area contributed by atoms with E-state index in [1.54, 1.807) is 0 Å². The number of carbonyl (C=O) groups is 1. The third-order valence-electron chi connectivity index (χ3n) is 3.55. The van der Waals surface area contributed by atoms with Gasteiger partial charge >= 0.3 is 0 Å². The molecule has 0 fully saturated rings. The van der Waals surface area contributed by atoms with Crippen molar-refractivity contribution >= 4 is 32.7 Å². The maximum atomic E-state index is 11.2. The number of aromatic nitrogens is 1. The molecule has 1 heterocycles. The first kappa shape index (κ1) is 10.8. The van der Waals surface area contributed by atoms with E-state index in [1.165, 1.54) is 16.6 Å². The summed E-state index contributed by atoms with van der Waals surface area (Å²) < 4.78 is 1.09. The summed E-state index contributed by atoms with van der Waals surface area (Å²) >= 11 is 3.49. The number of nitrogens with one attached hydrogen (secondary N) is 1. The summed E-state index contributed by atoms with van der Waals surface area (Å²) in [5.41, 5.74) is 9.04. The molecule has 17 heavy (non-hydrogen) atoms. The number of halogens is 1. The topological polar surface area (TPSA) is 58.9 Å². The van der Waals surface area contributed by atoms with Gasteiger partial charge in [-0.25, -0.2) is 0 Å². The van der Waals surface area contributed by atoms with E-state index in [0.717, 1.165) is 29.3 Å². The maximum Gasteiger partial charge on any atom is 0.220 e. The van der Waals surface area contributed by atoms with Crippen LogP contribution in [0.5, 0.6) is 0 Å². The minimum Gasteiger partial charge on any atom is -0.369 e. The third kappa shape index (κ3) is 1.76. The molecule has 1 atom stereocenters. The van der Waals surface area contributed by atoms with Crippen LogP contribution < -0.4 is 5.73 Å². The standard InChI is InChI=1S/C13H13BrN2O/c14-8-2-4-11-10(6-8)9-3-1-7(13(15)17)5-12(9)16-11/h2,4,6-7,16H,1,3,5H2,(H2,15,17)/t7-/m0/s1. The minimum atomic E-state index is -0.185. The molecule has 0 spiro atoms. The highest BCUT2D eigenvalue weighted by Gasteiger charge is 2.25. The molecule has 0 unspecified atom stereocenters. The largest absolute Gasteiger partial charge is 0.369 e. The van der Waals surface area contributed by atoms with Crippen molar-refractivity contribution in [3.8, 4) is 0 Å². The summed E-state index contributed by atoms with van der Waals surface area (Å²) in [4.78, 5) is 14.6. The van der Waals surface area contributed by atoms with E-state index in [-0.39, 0.29) is 11.8 Å². The van der Waals surface area contributed by atoms with Crippen LogP contribution in [-0.4, -0.2) is 10.9 Å². The Hall–Kier alpha value is -1.29. The van der Waals surface area contributed by atoms with Gasteiger partial charge in [0.1, 0.15) is 0 Å². The summed E-state index contributed by atoms with van der Waals surface area (Å²) in [5, 5.41) is 1.26. The Balaban J connectivity index is 2.10. The van der Waals surface area contributed by atoms with Crippen LogP contribution in [0, 0.1) is 5.92 Å². The highest BCUT2D eigenvalue weighted by atomic mass is 79.9. The van der Waals surface area contributed by atoms with Gasteiger partial charge in [-0.05, 0) is 43.0 Å². The van der Waals surface area contributed by atoms with Crippen LogP contribution in [0.25, 0.3) is 10.9 Å². The highest BCUT2D eigenvalue weighted by Crippen LogP contribution is 2.32. The summed E-state index contributed by atoms with van der Waals surface area (Å²) in [5.74, 6) is -0.200. The van der Waals surface area contributed by atoms with Gasteiger partial charge in [-0.1, -0.05) is 15.9 Å². The molecule has 1 aliphatic rings. The molecular formula is C13H13BrN2O. The first-order valence-corrected chi connectivity index (χ1v) is 6.53. The van der Waals surface area contributed by atoms with Gasteiger partial charge in [0.15, 0.2) is 0 Å². The average Bonchev–Trinajstić information content (AvgIpc) is 2.66. The van der Waals surface area contributed by atoms with Gasteiger partial charge in [-0.15, -0.1) is 0 Å². The van der Waals surface area contributed by atoms with Gasteiger partial charge < -0.3 is 10.7 Å². The first-order valence-electron chi connectivity index (χ1n) is 5.73. The molecule has 4 heteroatoms. The van der Waals surface area contributed by atoms with Gasteiger partial charge in [-0.2, -0.15) is 0 Å². The molecule has 3 rings (SSSR count). The van der Waals surface area contributed by atoms with E-state index in [2.05, 4.69) is 33.0 Å². The molecule has 3 nitrogen and oxygen atoms in total. The lowest BCUT2D eigenvalue weighted by Gasteiger charge is -2.19. The number of carbonyl (C=O) groups excluding carboxylic acids is 1. The molecule has 1 amide bonds. The zero-order chi connectivity index (χ0) is 12.0. The van der Waals surface area contributed by atoms with E-state index in [0.29, 0.717) is 0 Å². The maximum absolute atomic E-state index is 11.2. The average molecular weight is 293 g/mol. The molecule has 0 bridgehead atoms. The predicted octanol–water partition coefficient (Wildman–Crippen LogP) is 2.52. The van der Waals surface area contributed by atoms with Gasteiger partial charge in [0.05, 0.1) is 0 Å². The number of primary amides is 1. The van der Waals surface area contributed by atoms with Crippen molar-refractivity contribution in [1.29, 1.82) is 0 Å². The lowest BCUT2D eigenvalue weighted by Crippen LogP contribution is -2.28. The number of fused-ring (bicyclic) bond motifs is 3. The number of hydrogen-bond donors (Lipinski definition) is 2. The number of aryl methyl sites for hydroxylation is 1. The number of rotatable bonds is 1. The summed E-state index contributed by atoms with van der Waals surface area (Å²) in [6.45, 7) is 0. The number of H-pyrrole nitrogens is 1. The van der Waals surface area contributed by atoms with Gasteiger partial charge in [-0.3, -0.25) is 4.79 Å². The van der Waals surface area contributed by atoms with Crippen LogP contribution >= 0.6 is 15.9 Å². The molecule has 1 aromatic heterocycles. The third-order valence-corrected chi connectivity index (χ3v) is 4.05. The van der Waals surface area contributed by atoms with E-state index in [1.807, 2.05) is 6.07 Å². The zero-order valence-corrected chi connectivity index (χ0v) is 10.9. The quantitative estimate of drug-likeness (QED) is 0.834. The van der Waals surface area contributed by atoms with Crippen molar-refractivity contribution in [2.24, 2.45) is 11.7 Å². The van der Waals surface area contributed by atoms with Crippen molar-refractivity contribution in [2.75, 3.05) is 0 Å². The fraction of sp³-hybridized carbons (Fsp3) is 0.308. The fourth-order valence-corrected chi connectivity index (χ4v) is 3.01. The zero-order valence-electron chi connectivity index (χ0n) is 9.29. The molecule has 88 valence electrons. The number of benzene rings is 1. The van der Waals surface area contributed by atoms with Crippen LogP contribution in [0.4, 0.5) is 0 Å². The van der Waals surface area contributed by atoms with E-state index >= 15 is 0 Å². The molecule has 0 saturated carbocycles. The van der Waals surface area contributed by atoms with E-state index in [4.69, 9.17) is 5.73 Å². The Morgan fingerprint density at radius 1 is 1.47 bits per heavy atom. The number of nitrogens with two attached hydrogens (primary N) is 1. The van der Waals surface area contributed by atoms with Gasteiger partial charge in [0, 0.05) is 27.0 Å². The Kier molecular flexibility index (Phi) is 2.47. The van der Waals surface area contributed by atoms with Crippen LogP contribution in [0.1, 0.15) is 17.7 Å². The van der Waals surface area contributed by atoms with Crippen molar-refractivity contribution < 1.29 is 4.79 Å². The molecule has 3 N–H and O–H groups in total. The van der Waals surface area contributed by atoms with Crippen molar-refractivity contribution in [3.63, 3.8) is 0 Å². The molecule has 1 aliphatic carbocycles.